The number of hydrogen-bond acceptors (Lipinski definition) is 5. The van der Waals surface area contributed by atoms with Crippen LogP contribution in [0.5, 0.6) is 0 Å². The summed E-state index contributed by atoms with van der Waals surface area (Å²) in [6.45, 7) is 0.273. The second-order valence-electron chi connectivity index (χ2n) is 4.91. The van der Waals surface area contributed by atoms with Gasteiger partial charge in [0.15, 0.2) is 5.03 Å². The Kier molecular flexibility index (Phi) is 3.60. The van der Waals surface area contributed by atoms with Gasteiger partial charge in [-0.15, -0.1) is 0 Å². The van der Waals surface area contributed by atoms with Crippen molar-refractivity contribution in [3.8, 4) is 0 Å². The monoisotopic (exact) mass is 309 g/mol. The van der Waals surface area contributed by atoms with Gasteiger partial charge in [-0.25, -0.2) is 22.8 Å². The van der Waals surface area contributed by atoms with E-state index in [1.807, 2.05) is 0 Å². The lowest BCUT2D eigenvalue weighted by molar-refractivity contribution is 0.539. The second kappa shape index (κ2) is 5.41. The van der Waals surface area contributed by atoms with Crippen LogP contribution in [0.2, 0.25) is 0 Å². The fourth-order valence-corrected chi connectivity index (χ4v) is 2.90. The molecule has 0 bridgehead atoms. The third-order valence-electron chi connectivity index (χ3n) is 3.26. The van der Waals surface area contributed by atoms with E-state index in [0.29, 0.717) is 5.92 Å². The maximum atomic E-state index is 11.9. The number of rotatable bonds is 6. The Morgan fingerprint density at radius 1 is 1.38 bits per heavy atom. The van der Waals surface area contributed by atoms with Crippen molar-refractivity contribution in [3.63, 3.8) is 0 Å². The van der Waals surface area contributed by atoms with Crippen LogP contribution in [0.3, 0.4) is 0 Å². The Labute approximate surface area is 121 Å². The minimum Gasteiger partial charge on any atom is -0.335 e. The lowest BCUT2D eigenvalue weighted by Gasteiger charge is -2.07. The van der Waals surface area contributed by atoms with Crippen molar-refractivity contribution in [1.82, 2.24) is 24.5 Å². The summed E-state index contributed by atoms with van der Waals surface area (Å²) < 4.78 is 27.4. The standard InChI is InChI=1S/C12H15N5O3S/c18-12-4-3-10(9-1-2-9)16-17(12)6-5-15-21(19,20)11-7-13-8-14-11/h3-4,7-9,15H,1-2,5-6H2,(H,13,14). The van der Waals surface area contributed by atoms with Gasteiger partial charge in [-0.05, 0) is 18.9 Å². The van der Waals surface area contributed by atoms with E-state index in [-0.39, 0.29) is 23.7 Å². The molecule has 1 saturated carbocycles. The predicted molar refractivity (Wildman–Crippen MR) is 74.2 cm³/mol. The molecule has 0 spiro atoms. The average molecular weight is 309 g/mol. The maximum Gasteiger partial charge on any atom is 0.266 e. The summed E-state index contributed by atoms with van der Waals surface area (Å²) >= 11 is 0. The van der Waals surface area contributed by atoms with Crippen LogP contribution in [0.25, 0.3) is 0 Å². The van der Waals surface area contributed by atoms with Crippen LogP contribution in [0.15, 0.2) is 34.5 Å². The van der Waals surface area contributed by atoms with E-state index in [1.54, 1.807) is 6.07 Å². The zero-order chi connectivity index (χ0) is 14.9. The van der Waals surface area contributed by atoms with Crippen molar-refractivity contribution in [1.29, 1.82) is 0 Å². The third kappa shape index (κ3) is 3.19. The van der Waals surface area contributed by atoms with Gasteiger partial charge in [0.25, 0.3) is 15.6 Å². The highest BCUT2D eigenvalue weighted by atomic mass is 32.2. The van der Waals surface area contributed by atoms with E-state index in [1.165, 1.54) is 23.3 Å². The fourth-order valence-electron chi connectivity index (χ4n) is 1.98. The van der Waals surface area contributed by atoms with Crippen LogP contribution in [0.1, 0.15) is 24.5 Å². The summed E-state index contributed by atoms with van der Waals surface area (Å²) in [7, 11) is -3.63. The van der Waals surface area contributed by atoms with E-state index in [2.05, 4.69) is 19.8 Å². The summed E-state index contributed by atoms with van der Waals surface area (Å²) in [6.07, 6.45) is 4.70. The smallest absolute Gasteiger partial charge is 0.266 e. The summed E-state index contributed by atoms with van der Waals surface area (Å²) in [6, 6.07) is 3.22. The van der Waals surface area contributed by atoms with Crippen molar-refractivity contribution in [2.24, 2.45) is 0 Å². The van der Waals surface area contributed by atoms with Gasteiger partial charge in [-0.3, -0.25) is 4.79 Å². The van der Waals surface area contributed by atoms with Crippen molar-refractivity contribution in [3.05, 3.63) is 40.7 Å². The molecule has 0 radical (unpaired) electrons. The Morgan fingerprint density at radius 3 is 2.86 bits per heavy atom. The van der Waals surface area contributed by atoms with Gasteiger partial charge in [0.1, 0.15) is 0 Å². The molecule has 9 heteroatoms. The number of imidazole rings is 1. The van der Waals surface area contributed by atoms with E-state index in [9.17, 15) is 13.2 Å². The second-order valence-corrected chi connectivity index (χ2v) is 6.64. The molecule has 0 unspecified atom stereocenters. The molecule has 8 nitrogen and oxygen atoms in total. The SMILES string of the molecule is O=c1ccc(C2CC2)nn1CCNS(=O)(=O)c1cnc[nH]1. The third-order valence-corrected chi connectivity index (χ3v) is 4.65. The van der Waals surface area contributed by atoms with Gasteiger partial charge in [0, 0.05) is 18.5 Å². The number of sulfonamides is 1. The predicted octanol–water partition coefficient (Wildman–Crippen LogP) is -0.178. The normalized spacial score (nSPS) is 15.2. The van der Waals surface area contributed by atoms with Gasteiger partial charge in [-0.2, -0.15) is 5.10 Å². The Hall–Kier alpha value is -2.00. The first-order valence-corrected chi connectivity index (χ1v) is 8.11. The highest BCUT2D eigenvalue weighted by molar-refractivity contribution is 7.89. The molecule has 2 aromatic rings. The van der Waals surface area contributed by atoms with Crippen LogP contribution in [0, 0.1) is 0 Å². The van der Waals surface area contributed by atoms with Crippen LogP contribution < -0.4 is 10.3 Å². The molecule has 112 valence electrons. The minimum absolute atomic E-state index is 0.00506. The van der Waals surface area contributed by atoms with Crippen LogP contribution >= 0.6 is 0 Å². The Balaban J connectivity index is 1.65. The van der Waals surface area contributed by atoms with Gasteiger partial charge >= 0.3 is 0 Å². The highest BCUT2D eigenvalue weighted by Gasteiger charge is 2.25. The number of aromatic nitrogens is 4. The Morgan fingerprint density at radius 2 is 2.19 bits per heavy atom. The molecule has 0 aromatic carbocycles. The van der Waals surface area contributed by atoms with Crippen LogP contribution in [-0.2, 0) is 16.6 Å². The zero-order valence-corrected chi connectivity index (χ0v) is 12.0. The molecule has 0 aliphatic heterocycles. The van der Waals surface area contributed by atoms with Crippen molar-refractivity contribution < 1.29 is 8.42 Å². The number of nitrogens with zero attached hydrogens (tertiary/aromatic N) is 3. The van der Waals surface area contributed by atoms with Gasteiger partial charge in [0.05, 0.1) is 24.8 Å². The molecule has 2 aromatic heterocycles. The van der Waals surface area contributed by atoms with Gasteiger partial charge in [-0.1, -0.05) is 0 Å². The highest BCUT2D eigenvalue weighted by Crippen LogP contribution is 2.38. The summed E-state index contributed by atoms with van der Waals surface area (Å²) in [5.41, 5.74) is 0.658. The van der Waals surface area contributed by atoms with Crippen molar-refractivity contribution >= 4 is 10.0 Å². The topological polar surface area (TPSA) is 110 Å². The minimum atomic E-state index is -3.63. The largest absolute Gasteiger partial charge is 0.335 e. The molecule has 0 atom stereocenters. The molecular formula is C12H15N5O3S. The fraction of sp³-hybridized carbons (Fsp3) is 0.417. The number of aromatic amines is 1. The lowest BCUT2D eigenvalue weighted by atomic mass is 10.3. The molecule has 2 heterocycles. The molecule has 2 N–H and O–H groups in total. The first-order chi connectivity index (χ1) is 10.1. The van der Waals surface area contributed by atoms with Gasteiger partial charge in [0.2, 0.25) is 0 Å². The molecule has 0 saturated heterocycles. The first kappa shape index (κ1) is 14.0. The van der Waals surface area contributed by atoms with E-state index in [0.717, 1.165) is 18.5 Å². The quantitative estimate of drug-likeness (QED) is 0.769. The molecule has 0 amide bonds. The van der Waals surface area contributed by atoms with Gasteiger partial charge < -0.3 is 4.98 Å². The van der Waals surface area contributed by atoms with Crippen molar-refractivity contribution in [2.75, 3.05) is 6.54 Å². The van der Waals surface area contributed by atoms with E-state index >= 15 is 0 Å². The van der Waals surface area contributed by atoms with E-state index < -0.39 is 10.0 Å². The summed E-state index contributed by atoms with van der Waals surface area (Å²) in [4.78, 5) is 17.9. The molecule has 1 aliphatic rings. The first-order valence-electron chi connectivity index (χ1n) is 6.62. The number of nitrogens with one attached hydrogen (secondary N) is 2. The maximum absolute atomic E-state index is 11.9. The molecule has 3 rings (SSSR count). The number of H-pyrrole nitrogens is 1. The van der Waals surface area contributed by atoms with Crippen molar-refractivity contribution in [2.45, 2.75) is 30.3 Å². The molecule has 1 aliphatic carbocycles. The molecule has 1 fully saturated rings. The average Bonchev–Trinajstić information content (AvgIpc) is 3.14. The lowest BCUT2D eigenvalue weighted by Crippen LogP contribution is -2.32. The summed E-state index contributed by atoms with van der Waals surface area (Å²) in [5.74, 6) is 0.443. The van der Waals surface area contributed by atoms with Crippen LogP contribution in [0.4, 0.5) is 0 Å². The molecule has 21 heavy (non-hydrogen) atoms. The zero-order valence-electron chi connectivity index (χ0n) is 11.2. The van der Waals surface area contributed by atoms with E-state index in [4.69, 9.17) is 0 Å². The number of hydrogen-bond donors (Lipinski definition) is 2. The summed E-state index contributed by atoms with van der Waals surface area (Å²) in [5, 5.41) is 4.26. The Bertz CT molecular complexity index is 777. The molecular weight excluding hydrogens is 294 g/mol. The van der Waals surface area contributed by atoms with Crippen LogP contribution in [-0.4, -0.2) is 34.7 Å².